The maximum atomic E-state index is 11.3. The number of carbonyl (C=O) groups is 1. The second-order valence-corrected chi connectivity index (χ2v) is 7.24. The first-order chi connectivity index (χ1) is 11.6. The van der Waals surface area contributed by atoms with Crippen LogP contribution < -0.4 is 5.73 Å². The van der Waals surface area contributed by atoms with Crippen LogP contribution in [-0.2, 0) is 0 Å². The molecular weight excluding hydrogens is 302 g/mol. The van der Waals surface area contributed by atoms with Gasteiger partial charge in [-0.2, -0.15) is 0 Å². The number of likely N-dealkylation sites (tertiary alicyclic amines) is 1. The molecule has 0 bridgehead atoms. The van der Waals surface area contributed by atoms with Crippen molar-refractivity contribution < 1.29 is 9.90 Å². The molecule has 1 saturated heterocycles. The van der Waals surface area contributed by atoms with Crippen LogP contribution in [0.4, 0.5) is 0 Å². The molecule has 0 radical (unpaired) electrons. The SMILES string of the molecule is NC(=O)c1ccc2c(ccn2[C@@H]2CN(C3CCCCC3)C[C@H]2O)c1. The van der Waals surface area contributed by atoms with E-state index in [2.05, 4.69) is 9.47 Å². The van der Waals surface area contributed by atoms with Crippen molar-refractivity contribution in [1.82, 2.24) is 9.47 Å². The van der Waals surface area contributed by atoms with E-state index in [-0.39, 0.29) is 12.1 Å². The fourth-order valence-corrected chi connectivity index (χ4v) is 4.42. The molecule has 2 fully saturated rings. The highest BCUT2D eigenvalue weighted by Crippen LogP contribution is 2.32. The summed E-state index contributed by atoms with van der Waals surface area (Å²) in [6, 6.07) is 8.23. The Morgan fingerprint density at radius 1 is 1.12 bits per heavy atom. The molecule has 3 N–H and O–H groups in total. The molecule has 24 heavy (non-hydrogen) atoms. The Kier molecular flexibility index (Phi) is 4.06. The average molecular weight is 327 g/mol. The monoisotopic (exact) mass is 327 g/mol. The summed E-state index contributed by atoms with van der Waals surface area (Å²) in [6.07, 6.45) is 8.16. The smallest absolute Gasteiger partial charge is 0.248 e. The lowest BCUT2D eigenvalue weighted by molar-refractivity contribution is 0.100. The van der Waals surface area contributed by atoms with Gasteiger partial charge >= 0.3 is 0 Å². The molecule has 5 nitrogen and oxygen atoms in total. The number of fused-ring (bicyclic) bond motifs is 1. The van der Waals surface area contributed by atoms with E-state index in [1.54, 1.807) is 6.07 Å². The maximum absolute atomic E-state index is 11.3. The summed E-state index contributed by atoms with van der Waals surface area (Å²) < 4.78 is 2.16. The normalized spacial score (nSPS) is 26.2. The average Bonchev–Trinajstić information content (AvgIpc) is 3.18. The van der Waals surface area contributed by atoms with E-state index >= 15 is 0 Å². The van der Waals surface area contributed by atoms with Crippen molar-refractivity contribution in [2.24, 2.45) is 5.73 Å². The first kappa shape index (κ1) is 15.7. The number of hydrogen-bond acceptors (Lipinski definition) is 3. The van der Waals surface area contributed by atoms with Gasteiger partial charge in [0.15, 0.2) is 0 Å². The van der Waals surface area contributed by atoms with Gasteiger partial charge in [0.1, 0.15) is 0 Å². The number of nitrogens with two attached hydrogens (primary N) is 1. The van der Waals surface area contributed by atoms with E-state index in [1.165, 1.54) is 32.1 Å². The zero-order chi connectivity index (χ0) is 16.7. The number of aliphatic hydroxyl groups excluding tert-OH is 1. The summed E-state index contributed by atoms with van der Waals surface area (Å²) in [5, 5.41) is 11.6. The first-order valence-corrected chi connectivity index (χ1v) is 8.96. The summed E-state index contributed by atoms with van der Waals surface area (Å²) in [7, 11) is 0. The van der Waals surface area contributed by atoms with Gasteiger partial charge in [-0.25, -0.2) is 0 Å². The van der Waals surface area contributed by atoms with Gasteiger partial charge in [0.25, 0.3) is 0 Å². The molecule has 2 atom stereocenters. The summed E-state index contributed by atoms with van der Waals surface area (Å²) in [6.45, 7) is 1.65. The molecule has 2 heterocycles. The highest BCUT2D eigenvalue weighted by molar-refractivity contribution is 5.97. The largest absolute Gasteiger partial charge is 0.390 e. The summed E-state index contributed by atoms with van der Waals surface area (Å²) in [4.78, 5) is 13.8. The van der Waals surface area contributed by atoms with Crippen molar-refractivity contribution >= 4 is 16.8 Å². The second kappa shape index (κ2) is 6.22. The molecule has 1 aliphatic carbocycles. The summed E-state index contributed by atoms with van der Waals surface area (Å²) in [5.74, 6) is -0.408. The maximum Gasteiger partial charge on any atom is 0.248 e. The molecule has 0 spiro atoms. The van der Waals surface area contributed by atoms with Gasteiger partial charge in [-0.15, -0.1) is 0 Å². The van der Waals surface area contributed by atoms with E-state index in [0.29, 0.717) is 11.6 Å². The van der Waals surface area contributed by atoms with Crippen molar-refractivity contribution in [2.45, 2.75) is 50.3 Å². The second-order valence-electron chi connectivity index (χ2n) is 7.24. The van der Waals surface area contributed by atoms with Crippen molar-refractivity contribution in [3.8, 4) is 0 Å². The zero-order valence-corrected chi connectivity index (χ0v) is 13.9. The minimum absolute atomic E-state index is 0.0730. The van der Waals surface area contributed by atoms with Crippen LogP contribution >= 0.6 is 0 Å². The Morgan fingerprint density at radius 3 is 2.67 bits per heavy atom. The van der Waals surface area contributed by atoms with Gasteiger partial charge in [0.2, 0.25) is 5.91 Å². The predicted octanol–water partition coefficient (Wildman–Crippen LogP) is 2.29. The Hall–Kier alpha value is -1.85. The third-order valence-corrected chi connectivity index (χ3v) is 5.74. The quantitative estimate of drug-likeness (QED) is 0.908. The van der Waals surface area contributed by atoms with Crippen LogP contribution in [0.3, 0.4) is 0 Å². The molecule has 1 aromatic carbocycles. The minimum Gasteiger partial charge on any atom is -0.390 e. The van der Waals surface area contributed by atoms with Gasteiger partial charge < -0.3 is 15.4 Å². The Morgan fingerprint density at radius 2 is 1.92 bits per heavy atom. The van der Waals surface area contributed by atoms with E-state index in [1.807, 2.05) is 24.4 Å². The van der Waals surface area contributed by atoms with Gasteiger partial charge in [-0.3, -0.25) is 9.69 Å². The van der Waals surface area contributed by atoms with Crippen molar-refractivity contribution in [3.63, 3.8) is 0 Å². The summed E-state index contributed by atoms with van der Waals surface area (Å²) >= 11 is 0. The van der Waals surface area contributed by atoms with Crippen LogP contribution in [0.15, 0.2) is 30.5 Å². The van der Waals surface area contributed by atoms with E-state index in [9.17, 15) is 9.90 Å². The van der Waals surface area contributed by atoms with Crippen molar-refractivity contribution in [2.75, 3.05) is 13.1 Å². The van der Waals surface area contributed by atoms with Crippen LogP contribution in [0.1, 0.15) is 48.5 Å². The number of aromatic nitrogens is 1. The number of benzene rings is 1. The molecular formula is C19H25N3O2. The van der Waals surface area contributed by atoms with Crippen LogP contribution in [0.5, 0.6) is 0 Å². The number of β-amino-alcohol motifs (C(OH)–C–C–N with tert-alkyl or cyclic N) is 1. The molecule has 1 saturated carbocycles. The molecule has 2 aromatic rings. The number of carbonyl (C=O) groups excluding carboxylic acids is 1. The van der Waals surface area contributed by atoms with Gasteiger partial charge in [-0.05, 0) is 37.1 Å². The lowest BCUT2D eigenvalue weighted by Crippen LogP contribution is -2.35. The molecule has 128 valence electrons. The third-order valence-electron chi connectivity index (χ3n) is 5.74. The van der Waals surface area contributed by atoms with Gasteiger partial charge in [-0.1, -0.05) is 19.3 Å². The van der Waals surface area contributed by atoms with Gasteiger partial charge in [0.05, 0.1) is 12.1 Å². The van der Waals surface area contributed by atoms with Crippen LogP contribution in [0.25, 0.3) is 10.9 Å². The van der Waals surface area contributed by atoms with Crippen LogP contribution in [0, 0.1) is 0 Å². The lowest BCUT2D eigenvalue weighted by Gasteiger charge is -2.30. The van der Waals surface area contributed by atoms with Crippen LogP contribution in [-0.4, -0.2) is 45.7 Å². The van der Waals surface area contributed by atoms with Crippen molar-refractivity contribution in [1.29, 1.82) is 0 Å². The highest BCUT2D eigenvalue weighted by atomic mass is 16.3. The molecule has 1 aromatic heterocycles. The topological polar surface area (TPSA) is 71.5 Å². The molecule has 1 aliphatic heterocycles. The third kappa shape index (κ3) is 2.72. The number of rotatable bonds is 3. The zero-order valence-electron chi connectivity index (χ0n) is 13.9. The highest BCUT2D eigenvalue weighted by Gasteiger charge is 2.36. The molecule has 1 amide bonds. The minimum atomic E-state index is -0.408. The van der Waals surface area contributed by atoms with Crippen molar-refractivity contribution in [3.05, 3.63) is 36.0 Å². The Bertz CT molecular complexity index is 748. The fraction of sp³-hybridized carbons (Fsp3) is 0.526. The van der Waals surface area contributed by atoms with Gasteiger partial charge in [0, 0.05) is 41.8 Å². The number of hydrogen-bond donors (Lipinski definition) is 2. The molecule has 4 rings (SSSR count). The van der Waals surface area contributed by atoms with E-state index in [4.69, 9.17) is 5.73 Å². The number of amides is 1. The lowest BCUT2D eigenvalue weighted by atomic mass is 9.94. The van der Waals surface area contributed by atoms with E-state index < -0.39 is 5.91 Å². The number of primary amides is 1. The Balaban J connectivity index is 1.59. The number of nitrogens with zero attached hydrogens (tertiary/aromatic N) is 2. The summed E-state index contributed by atoms with van der Waals surface area (Å²) in [5.41, 5.74) is 6.94. The predicted molar refractivity (Wildman–Crippen MR) is 93.9 cm³/mol. The Labute approximate surface area is 142 Å². The first-order valence-electron chi connectivity index (χ1n) is 8.96. The molecule has 5 heteroatoms. The number of aliphatic hydroxyl groups is 1. The van der Waals surface area contributed by atoms with E-state index in [0.717, 1.165) is 24.0 Å². The molecule has 2 aliphatic rings. The van der Waals surface area contributed by atoms with Crippen LogP contribution in [0.2, 0.25) is 0 Å². The molecule has 0 unspecified atom stereocenters. The fourth-order valence-electron chi connectivity index (χ4n) is 4.42. The standard InChI is InChI=1S/C19H25N3O2/c20-19(24)14-6-7-16-13(10-14)8-9-22(16)17-11-21(12-18(17)23)15-4-2-1-3-5-15/h6-10,15,17-18,23H,1-5,11-12H2,(H2,20,24)/t17-,18-/m1/s1.